The van der Waals surface area contributed by atoms with Gasteiger partial charge in [0.2, 0.25) is 11.8 Å². The summed E-state index contributed by atoms with van der Waals surface area (Å²) in [6.07, 6.45) is 8.78. The van der Waals surface area contributed by atoms with Crippen molar-refractivity contribution in [1.82, 2.24) is 9.80 Å². The van der Waals surface area contributed by atoms with Crippen LogP contribution in [-0.2, 0) is 14.4 Å². The number of carboxylic acids is 1. The molecule has 1 N–H and O–H groups in total. The highest BCUT2D eigenvalue weighted by atomic mass is 16.4. The minimum Gasteiger partial charge on any atom is -0.481 e. The summed E-state index contributed by atoms with van der Waals surface area (Å²) < 4.78 is 0. The zero-order valence-electron chi connectivity index (χ0n) is 16.3. The number of hydrogen-bond acceptors (Lipinski definition) is 4. The van der Waals surface area contributed by atoms with E-state index in [1.165, 1.54) is 23.6 Å². The molecule has 0 aromatic rings. The van der Waals surface area contributed by atoms with Gasteiger partial charge in [0.05, 0.1) is 5.92 Å². The molecule has 0 spiro atoms. The van der Waals surface area contributed by atoms with Gasteiger partial charge in [-0.15, -0.1) is 0 Å². The number of imide groups is 2. The number of amides is 4. The number of urea groups is 1. The first-order valence-electron chi connectivity index (χ1n) is 10.2. The van der Waals surface area contributed by atoms with Crippen LogP contribution < -0.4 is 0 Å². The number of carbonyl (C=O) groups excluding carboxylic acids is 3. The second-order valence-electron chi connectivity index (χ2n) is 8.48. The molecule has 7 nitrogen and oxygen atoms in total. The van der Waals surface area contributed by atoms with Crippen LogP contribution in [0.25, 0.3) is 0 Å². The number of rotatable bonds is 4. The Hall–Kier alpha value is -1.92. The van der Waals surface area contributed by atoms with Crippen LogP contribution in [0.1, 0.15) is 78.1 Å². The molecule has 1 heterocycles. The van der Waals surface area contributed by atoms with E-state index in [1.807, 2.05) is 0 Å². The fraction of sp³-hybridized carbons (Fsp3) is 0.800. The molecule has 7 heteroatoms. The average Bonchev–Trinajstić information content (AvgIpc) is 2.67. The van der Waals surface area contributed by atoms with E-state index in [1.54, 1.807) is 0 Å². The van der Waals surface area contributed by atoms with Crippen LogP contribution in [-0.4, -0.2) is 50.8 Å². The molecular formula is C20H30N2O5. The highest BCUT2D eigenvalue weighted by Crippen LogP contribution is 2.41. The SMILES string of the molecule is CC(C(=O)O)C1(C)C(=O)N(C2CCCCC2)C(=O)N(C2CCCCC2)C1=O. The van der Waals surface area contributed by atoms with Crippen LogP contribution in [0, 0.1) is 11.3 Å². The Morgan fingerprint density at radius 1 is 0.889 bits per heavy atom. The second-order valence-corrected chi connectivity index (χ2v) is 8.48. The van der Waals surface area contributed by atoms with Crippen molar-refractivity contribution in [2.24, 2.45) is 11.3 Å². The predicted octanol–water partition coefficient (Wildman–Crippen LogP) is 3.17. The smallest absolute Gasteiger partial charge is 0.333 e. The normalized spacial score (nSPS) is 26.4. The fourth-order valence-electron chi connectivity index (χ4n) is 4.82. The lowest BCUT2D eigenvalue weighted by molar-refractivity contribution is -0.171. The summed E-state index contributed by atoms with van der Waals surface area (Å²) in [6, 6.07) is -1.00. The van der Waals surface area contributed by atoms with Crippen LogP contribution in [0.2, 0.25) is 0 Å². The number of aliphatic carboxylic acids is 1. The first kappa shape index (κ1) is 19.8. The van der Waals surface area contributed by atoms with Crippen molar-refractivity contribution in [3.8, 4) is 0 Å². The molecule has 3 aliphatic rings. The topological polar surface area (TPSA) is 95.0 Å². The summed E-state index contributed by atoms with van der Waals surface area (Å²) in [7, 11) is 0. The van der Waals surface area contributed by atoms with Gasteiger partial charge in [0.15, 0.2) is 0 Å². The van der Waals surface area contributed by atoms with Gasteiger partial charge in [-0.05, 0) is 32.6 Å². The molecule has 0 bridgehead atoms. The molecular weight excluding hydrogens is 348 g/mol. The molecule has 1 saturated heterocycles. The maximum atomic E-state index is 13.3. The number of carbonyl (C=O) groups is 4. The zero-order valence-corrected chi connectivity index (χ0v) is 16.3. The monoisotopic (exact) mass is 378 g/mol. The van der Waals surface area contributed by atoms with Crippen molar-refractivity contribution in [3.63, 3.8) is 0 Å². The van der Waals surface area contributed by atoms with Crippen molar-refractivity contribution in [2.75, 3.05) is 0 Å². The van der Waals surface area contributed by atoms with Crippen LogP contribution >= 0.6 is 0 Å². The summed E-state index contributed by atoms with van der Waals surface area (Å²) in [5.74, 6) is -3.65. The van der Waals surface area contributed by atoms with Crippen molar-refractivity contribution in [3.05, 3.63) is 0 Å². The molecule has 1 atom stereocenters. The predicted molar refractivity (Wildman–Crippen MR) is 97.7 cm³/mol. The number of hydrogen-bond donors (Lipinski definition) is 1. The van der Waals surface area contributed by atoms with E-state index in [9.17, 15) is 24.3 Å². The van der Waals surface area contributed by atoms with E-state index in [4.69, 9.17) is 0 Å². The molecule has 0 aromatic heterocycles. The Morgan fingerprint density at radius 3 is 1.59 bits per heavy atom. The Kier molecular flexibility index (Phi) is 5.58. The molecule has 2 aliphatic carbocycles. The molecule has 1 aliphatic heterocycles. The first-order chi connectivity index (χ1) is 12.8. The Morgan fingerprint density at radius 2 is 1.26 bits per heavy atom. The molecule has 3 rings (SSSR count). The third-order valence-corrected chi connectivity index (χ3v) is 6.85. The van der Waals surface area contributed by atoms with Gasteiger partial charge in [-0.25, -0.2) is 4.79 Å². The van der Waals surface area contributed by atoms with Gasteiger partial charge in [0, 0.05) is 12.1 Å². The summed E-state index contributed by atoms with van der Waals surface area (Å²) in [6.45, 7) is 2.81. The fourth-order valence-corrected chi connectivity index (χ4v) is 4.82. The summed E-state index contributed by atoms with van der Waals surface area (Å²) in [4.78, 5) is 54.2. The van der Waals surface area contributed by atoms with E-state index >= 15 is 0 Å². The average molecular weight is 378 g/mol. The summed E-state index contributed by atoms with van der Waals surface area (Å²) in [5.41, 5.74) is -1.74. The third-order valence-electron chi connectivity index (χ3n) is 6.85. The van der Waals surface area contributed by atoms with Gasteiger partial charge in [0.25, 0.3) is 0 Å². The van der Waals surface area contributed by atoms with Crippen LogP contribution in [0.4, 0.5) is 4.79 Å². The van der Waals surface area contributed by atoms with E-state index in [0.29, 0.717) is 0 Å². The van der Waals surface area contributed by atoms with Crippen molar-refractivity contribution in [2.45, 2.75) is 90.1 Å². The van der Waals surface area contributed by atoms with E-state index in [2.05, 4.69) is 0 Å². The Balaban J connectivity index is 2.03. The van der Waals surface area contributed by atoms with E-state index in [-0.39, 0.29) is 12.1 Å². The Labute approximate surface area is 160 Å². The van der Waals surface area contributed by atoms with Crippen molar-refractivity contribution < 1.29 is 24.3 Å². The molecule has 4 amide bonds. The largest absolute Gasteiger partial charge is 0.481 e. The van der Waals surface area contributed by atoms with Crippen LogP contribution in [0.15, 0.2) is 0 Å². The standard InChI is InChI=1S/C20H30N2O5/c1-13(16(23)24)20(2)17(25)21(14-9-5-3-6-10-14)19(27)22(18(20)26)15-11-7-4-8-12-15/h13-15H,3-12H2,1-2H3,(H,23,24). The maximum Gasteiger partial charge on any atom is 0.333 e. The number of barbiturate groups is 1. The minimum atomic E-state index is -1.74. The molecule has 150 valence electrons. The molecule has 27 heavy (non-hydrogen) atoms. The van der Waals surface area contributed by atoms with E-state index < -0.39 is 35.1 Å². The molecule has 2 saturated carbocycles. The van der Waals surface area contributed by atoms with Crippen LogP contribution in [0.3, 0.4) is 0 Å². The molecule has 3 fully saturated rings. The highest BCUT2D eigenvalue weighted by molar-refractivity contribution is 6.20. The third kappa shape index (κ3) is 3.25. The number of carboxylic acid groups (broad SMARTS) is 1. The lowest BCUT2D eigenvalue weighted by atomic mass is 9.72. The van der Waals surface area contributed by atoms with Gasteiger partial charge < -0.3 is 5.11 Å². The molecule has 0 radical (unpaired) electrons. The van der Waals surface area contributed by atoms with Gasteiger partial charge in [-0.1, -0.05) is 45.4 Å². The summed E-state index contributed by atoms with van der Waals surface area (Å²) >= 11 is 0. The van der Waals surface area contributed by atoms with Gasteiger partial charge in [0.1, 0.15) is 5.41 Å². The zero-order chi connectivity index (χ0) is 19.8. The highest BCUT2D eigenvalue weighted by Gasteiger charge is 2.61. The second kappa shape index (κ2) is 7.60. The lowest BCUT2D eigenvalue weighted by Crippen LogP contribution is -2.70. The minimum absolute atomic E-state index is 0.238. The lowest BCUT2D eigenvalue weighted by Gasteiger charge is -2.49. The Bertz CT molecular complexity index is 594. The van der Waals surface area contributed by atoms with Gasteiger partial charge in [-0.2, -0.15) is 0 Å². The molecule has 1 unspecified atom stereocenters. The van der Waals surface area contributed by atoms with Crippen molar-refractivity contribution in [1.29, 1.82) is 0 Å². The summed E-state index contributed by atoms with van der Waals surface area (Å²) in [5, 5.41) is 9.57. The molecule has 0 aromatic carbocycles. The quantitative estimate of drug-likeness (QED) is 0.758. The van der Waals surface area contributed by atoms with Gasteiger partial charge in [-0.3, -0.25) is 24.2 Å². The van der Waals surface area contributed by atoms with E-state index in [0.717, 1.165) is 64.2 Å². The van der Waals surface area contributed by atoms with Crippen molar-refractivity contribution >= 4 is 23.8 Å². The first-order valence-corrected chi connectivity index (χ1v) is 10.2. The van der Waals surface area contributed by atoms with Gasteiger partial charge >= 0.3 is 12.0 Å². The maximum absolute atomic E-state index is 13.3. The number of nitrogens with zero attached hydrogens (tertiary/aromatic N) is 2. The van der Waals surface area contributed by atoms with Crippen LogP contribution in [0.5, 0.6) is 0 Å².